The molecule has 0 spiro atoms. The Kier molecular flexibility index (Phi) is 6.96. The molecule has 0 aliphatic carbocycles. The summed E-state index contributed by atoms with van der Waals surface area (Å²) in [5, 5.41) is 3.20. The summed E-state index contributed by atoms with van der Waals surface area (Å²) in [4.78, 5) is 19.4. The highest BCUT2D eigenvalue weighted by Gasteiger charge is 2.28. The second-order valence-electron chi connectivity index (χ2n) is 7.57. The highest BCUT2D eigenvalue weighted by Crippen LogP contribution is 2.34. The van der Waals surface area contributed by atoms with Crippen molar-refractivity contribution in [3.63, 3.8) is 0 Å². The normalized spacial score (nSPS) is 17.9. The van der Waals surface area contributed by atoms with Crippen molar-refractivity contribution in [3.05, 3.63) is 53.3 Å². The number of aryl methyl sites for hydroxylation is 1. The third-order valence-corrected chi connectivity index (χ3v) is 5.68. The summed E-state index contributed by atoms with van der Waals surface area (Å²) in [5.41, 5.74) is 3.22. The van der Waals surface area contributed by atoms with Crippen LogP contribution >= 0.6 is 0 Å². The van der Waals surface area contributed by atoms with Gasteiger partial charge in [-0.05, 0) is 67.6 Å². The highest BCUT2D eigenvalue weighted by atomic mass is 16.5. The maximum Gasteiger partial charge on any atom is 0.318 e. The van der Waals surface area contributed by atoms with Crippen LogP contribution < -0.4 is 14.8 Å². The Morgan fingerprint density at radius 3 is 2.52 bits per heavy atom. The van der Waals surface area contributed by atoms with E-state index in [1.165, 1.54) is 0 Å². The zero-order valence-corrected chi connectivity index (χ0v) is 17.8. The van der Waals surface area contributed by atoms with Gasteiger partial charge in [0.2, 0.25) is 0 Å². The van der Waals surface area contributed by atoms with Crippen molar-refractivity contribution in [3.8, 4) is 11.5 Å². The van der Waals surface area contributed by atoms with Gasteiger partial charge in [0, 0.05) is 18.9 Å². The topological polar surface area (TPSA) is 63.7 Å². The first-order valence-corrected chi connectivity index (χ1v) is 10.2. The zero-order chi connectivity index (χ0) is 20.8. The molecule has 0 bridgehead atoms. The van der Waals surface area contributed by atoms with E-state index in [0.717, 1.165) is 48.9 Å². The number of aromatic nitrogens is 1. The van der Waals surface area contributed by atoms with Gasteiger partial charge in [-0.3, -0.25) is 4.98 Å². The molecule has 1 aliphatic heterocycles. The van der Waals surface area contributed by atoms with Crippen LogP contribution in [0.2, 0.25) is 0 Å². The van der Waals surface area contributed by atoms with Crippen LogP contribution in [0.25, 0.3) is 0 Å². The second-order valence-corrected chi connectivity index (χ2v) is 7.57. The van der Waals surface area contributed by atoms with Crippen LogP contribution in [0.1, 0.15) is 61.4 Å². The molecule has 6 nitrogen and oxygen atoms in total. The number of amides is 2. The average molecular weight is 398 g/mol. The lowest BCUT2D eigenvalue weighted by Crippen LogP contribution is -2.43. The van der Waals surface area contributed by atoms with E-state index in [4.69, 9.17) is 9.47 Å². The Morgan fingerprint density at radius 2 is 1.83 bits per heavy atom. The van der Waals surface area contributed by atoms with Crippen LogP contribution in [0.4, 0.5) is 4.79 Å². The third-order valence-electron chi connectivity index (χ3n) is 5.68. The number of urea groups is 1. The molecule has 1 saturated heterocycles. The van der Waals surface area contributed by atoms with E-state index in [1.54, 1.807) is 26.6 Å². The van der Waals surface area contributed by atoms with E-state index < -0.39 is 0 Å². The van der Waals surface area contributed by atoms with E-state index >= 15 is 0 Å². The fourth-order valence-corrected chi connectivity index (χ4v) is 4.09. The molecule has 1 aliphatic rings. The number of pyridine rings is 1. The molecule has 3 rings (SSSR count). The average Bonchev–Trinajstić information content (AvgIpc) is 3.00. The molecule has 0 radical (unpaired) electrons. The van der Waals surface area contributed by atoms with Gasteiger partial charge in [-0.25, -0.2) is 4.79 Å². The number of rotatable bonds is 5. The predicted molar refractivity (Wildman–Crippen MR) is 113 cm³/mol. The van der Waals surface area contributed by atoms with E-state index in [0.29, 0.717) is 11.5 Å². The summed E-state index contributed by atoms with van der Waals surface area (Å²) in [6, 6.07) is 7.82. The molecule has 156 valence electrons. The van der Waals surface area contributed by atoms with Gasteiger partial charge in [0.05, 0.1) is 26.3 Å². The summed E-state index contributed by atoms with van der Waals surface area (Å²) in [7, 11) is 3.25. The minimum atomic E-state index is -0.149. The number of likely N-dealkylation sites (tertiary alicyclic amines) is 1. The molecule has 29 heavy (non-hydrogen) atoms. The minimum Gasteiger partial charge on any atom is -0.493 e. The van der Waals surface area contributed by atoms with E-state index in [1.807, 2.05) is 43.0 Å². The first kappa shape index (κ1) is 21.0. The molecule has 2 amide bonds. The van der Waals surface area contributed by atoms with Crippen molar-refractivity contribution < 1.29 is 14.3 Å². The van der Waals surface area contributed by atoms with Crippen LogP contribution in [-0.2, 0) is 0 Å². The van der Waals surface area contributed by atoms with Gasteiger partial charge < -0.3 is 19.7 Å². The fraction of sp³-hybridized carbons (Fsp3) is 0.478. The summed E-state index contributed by atoms with van der Waals surface area (Å²) in [6.45, 7) is 4.79. The Bertz CT molecular complexity index is 826. The van der Waals surface area contributed by atoms with Crippen molar-refractivity contribution in [1.29, 1.82) is 0 Å². The zero-order valence-electron chi connectivity index (χ0n) is 17.8. The molecular weight excluding hydrogens is 366 g/mol. The van der Waals surface area contributed by atoms with E-state index in [2.05, 4.69) is 10.3 Å². The number of hydrogen-bond acceptors (Lipinski definition) is 4. The molecule has 2 heterocycles. The van der Waals surface area contributed by atoms with Crippen molar-refractivity contribution in [2.45, 2.75) is 51.6 Å². The molecule has 6 heteroatoms. The number of nitrogens with zero attached hydrogens (tertiary/aromatic N) is 2. The first-order valence-electron chi connectivity index (χ1n) is 10.2. The van der Waals surface area contributed by atoms with Crippen LogP contribution in [0.3, 0.4) is 0 Å². The summed E-state index contributed by atoms with van der Waals surface area (Å²) in [5.74, 6) is 1.36. The third kappa shape index (κ3) is 4.81. The second kappa shape index (κ2) is 9.63. The van der Waals surface area contributed by atoms with Crippen LogP contribution in [0, 0.1) is 6.92 Å². The largest absolute Gasteiger partial charge is 0.493 e. The van der Waals surface area contributed by atoms with Gasteiger partial charge in [0.15, 0.2) is 11.5 Å². The van der Waals surface area contributed by atoms with E-state index in [9.17, 15) is 4.79 Å². The Hall–Kier alpha value is -2.76. The van der Waals surface area contributed by atoms with Crippen LogP contribution in [0.15, 0.2) is 36.7 Å². The summed E-state index contributed by atoms with van der Waals surface area (Å²) >= 11 is 0. The number of ether oxygens (including phenoxy) is 2. The summed E-state index contributed by atoms with van der Waals surface area (Å²) in [6.07, 6.45) is 7.87. The number of methoxy groups -OCH3 is 2. The number of benzene rings is 1. The van der Waals surface area contributed by atoms with Gasteiger partial charge in [-0.2, -0.15) is 0 Å². The van der Waals surface area contributed by atoms with Crippen molar-refractivity contribution in [2.75, 3.05) is 20.8 Å². The molecular formula is C23H31N3O3. The van der Waals surface area contributed by atoms with Gasteiger partial charge in [-0.15, -0.1) is 0 Å². The molecule has 1 aromatic carbocycles. The molecule has 1 fully saturated rings. The lowest BCUT2D eigenvalue weighted by Gasteiger charge is -2.32. The maximum atomic E-state index is 13.3. The minimum absolute atomic E-state index is 0.0320. The molecule has 1 N–H and O–H groups in total. The van der Waals surface area contributed by atoms with Gasteiger partial charge >= 0.3 is 6.03 Å². The van der Waals surface area contributed by atoms with Crippen LogP contribution in [0.5, 0.6) is 11.5 Å². The monoisotopic (exact) mass is 397 g/mol. The lowest BCUT2D eigenvalue weighted by atomic mass is 10.0. The Labute approximate surface area is 173 Å². The summed E-state index contributed by atoms with van der Waals surface area (Å²) < 4.78 is 10.8. The molecule has 1 aromatic heterocycles. The number of nitrogens with one attached hydrogen (secondary N) is 1. The molecule has 0 saturated carbocycles. The fourth-order valence-electron chi connectivity index (χ4n) is 4.09. The first-order chi connectivity index (χ1) is 14.0. The maximum absolute atomic E-state index is 13.3. The number of hydrogen-bond donors (Lipinski definition) is 1. The highest BCUT2D eigenvalue weighted by molar-refractivity contribution is 5.75. The van der Waals surface area contributed by atoms with Gasteiger partial charge in [-0.1, -0.05) is 12.8 Å². The van der Waals surface area contributed by atoms with Crippen molar-refractivity contribution >= 4 is 6.03 Å². The molecule has 2 atom stereocenters. The van der Waals surface area contributed by atoms with E-state index in [-0.39, 0.29) is 18.1 Å². The number of carbonyl (C=O) groups is 1. The van der Waals surface area contributed by atoms with Gasteiger partial charge in [0.25, 0.3) is 0 Å². The van der Waals surface area contributed by atoms with Crippen LogP contribution in [-0.4, -0.2) is 36.7 Å². The smallest absolute Gasteiger partial charge is 0.318 e. The molecule has 2 aromatic rings. The van der Waals surface area contributed by atoms with Crippen molar-refractivity contribution in [2.24, 2.45) is 0 Å². The SMILES string of the molecule is COc1cc(C)c(C(C)NC(=O)N2CCCCCC2c2ccncc2)cc1OC. The number of carbonyl (C=O) groups excluding carboxylic acids is 1. The standard InChI is InChI=1S/C23H31N3O3/c1-16-14-21(28-3)22(29-4)15-19(16)17(2)25-23(27)26-13-7-5-6-8-20(26)18-9-11-24-12-10-18/h9-12,14-15,17,20H,5-8,13H2,1-4H3,(H,25,27). The van der Waals surface area contributed by atoms with Crippen molar-refractivity contribution in [1.82, 2.24) is 15.2 Å². The Balaban J connectivity index is 1.80. The lowest BCUT2D eigenvalue weighted by molar-refractivity contribution is 0.172. The quantitative estimate of drug-likeness (QED) is 0.787. The Morgan fingerprint density at radius 1 is 1.14 bits per heavy atom. The predicted octanol–water partition coefficient (Wildman–Crippen LogP) is 4.80. The van der Waals surface area contributed by atoms with Gasteiger partial charge in [0.1, 0.15) is 0 Å². The molecule has 2 unspecified atom stereocenters.